The van der Waals surface area contributed by atoms with Crippen molar-refractivity contribution in [2.24, 2.45) is 0 Å². The SMILES string of the molecule is Cc1ccc(C(=O)NCCCCC(=O)O)cc1[N+](=O)[O-]. The van der Waals surface area contributed by atoms with Crippen LogP contribution >= 0.6 is 0 Å². The number of carboxylic acid groups (broad SMARTS) is 1. The van der Waals surface area contributed by atoms with Crippen LogP contribution in [0, 0.1) is 17.0 Å². The number of benzene rings is 1. The number of nitrogens with zero attached hydrogens (tertiary/aromatic N) is 1. The van der Waals surface area contributed by atoms with Gasteiger partial charge < -0.3 is 10.4 Å². The van der Waals surface area contributed by atoms with Crippen LogP contribution < -0.4 is 5.32 Å². The molecule has 0 aliphatic heterocycles. The fourth-order valence-electron chi connectivity index (χ4n) is 1.65. The maximum atomic E-state index is 11.8. The molecule has 2 N–H and O–H groups in total. The van der Waals surface area contributed by atoms with Crippen LogP contribution in [0.3, 0.4) is 0 Å². The molecule has 0 aliphatic carbocycles. The van der Waals surface area contributed by atoms with E-state index in [2.05, 4.69) is 5.32 Å². The molecule has 0 heterocycles. The number of rotatable bonds is 7. The summed E-state index contributed by atoms with van der Waals surface area (Å²) in [4.78, 5) is 32.3. The molecule has 0 spiro atoms. The minimum absolute atomic E-state index is 0.0614. The smallest absolute Gasteiger partial charge is 0.303 e. The molecule has 0 aliphatic rings. The lowest BCUT2D eigenvalue weighted by molar-refractivity contribution is -0.385. The number of unbranched alkanes of at least 4 members (excludes halogenated alkanes) is 1. The highest BCUT2D eigenvalue weighted by Gasteiger charge is 2.14. The normalized spacial score (nSPS) is 10.1. The molecule has 0 atom stereocenters. The molecule has 7 heteroatoms. The first kappa shape index (κ1) is 15.6. The lowest BCUT2D eigenvalue weighted by Gasteiger charge is -2.05. The first-order chi connectivity index (χ1) is 9.41. The molecule has 0 saturated heterocycles. The van der Waals surface area contributed by atoms with Gasteiger partial charge in [0.1, 0.15) is 0 Å². The Morgan fingerprint density at radius 1 is 1.35 bits per heavy atom. The zero-order valence-corrected chi connectivity index (χ0v) is 11.1. The third-order valence-corrected chi connectivity index (χ3v) is 2.77. The largest absolute Gasteiger partial charge is 0.481 e. The average Bonchev–Trinajstić information content (AvgIpc) is 2.37. The Hall–Kier alpha value is -2.44. The first-order valence-electron chi connectivity index (χ1n) is 6.17. The number of aryl methyl sites for hydroxylation is 1. The molecule has 0 saturated carbocycles. The monoisotopic (exact) mass is 280 g/mol. The number of nitrogens with one attached hydrogen (secondary N) is 1. The van der Waals surface area contributed by atoms with Crippen molar-refractivity contribution in [2.45, 2.75) is 26.2 Å². The van der Waals surface area contributed by atoms with E-state index in [0.29, 0.717) is 24.9 Å². The van der Waals surface area contributed by atoms with Gasteiger partial charge in [-0.3, -0.25) is 19.7 Å². The summed E-state index contributed by atoms with van der Waals surface area (Å²) in [5.74, 6) is -1.27. The number of nitro groups is 1. The van der Waals surface area contributed by atoms with Gasteiger partial charge in [-0.2, -0.15) is 0 Å². The van der Waals surface area contributed by atoms with Crippen LogP contribution in [0.25, 0.3) is 0 Å². The van der Waals surface area contributed by atoms with Crippen molar-refractivity contribution in [3.8, 4) is 0 Å². The fourth-order valence-corrected chi connectivity index (χ4v) is 1.65. The summed E-state index contributed by atoms with van der Waals surface area (Å²) in [6, 6.07) is 4.29. The molecule has 1 rings (SSSR count). The van der Waals surface area contributed by atoms with Crippen molar-refractivity contribution in [1.29, 1.82) is 0 Å². The topological polar surface area (TPSA) is 110 Å². The van der Waals surface area contributed by atoms with Gasteiger partial charge in [-0.15, -0.1) is 0 Å². The quantitative estimate of drug-likeness (QED) is 0.450. The molecular formula is C13H16N2O5. The van der Waals surface area contributed by atoms with E-state index < -0.39 is 16.8 Å². The molecule has 1 aromatic carbocycles. The fraction of sp³-hybridized carbons (Fsp3) is 0.385. The van der Waals surface area contributed by atoms with E-state index in [-0.39, 0.29) is 17.7 Å². The van der Waals surface area contributed by atoms with E-state index in [1.807, 2.05) is 0 Å². The van der Waals surface area contributed by atoms with E-state index in [9.17, 15) is 19.7 Å². The zero-order valence-electron chi connectivity index (χ0n) is 11.1. The lowest BCUT2D eigenvalue weighted by atomic mass is 10.1. The molecule has 1 amide bonds. The van der Waals surface area contributed by atoms with Crippen molar-refractivity contribution in [3.63, 3.8) is 0 Å². The molecule has 1 aromatic rings. The molecule has 7 nitrogen and oxygen atoms in total. The van der Waals surface area contributed by atoms with Crippen LogP contribution in [0.5, 0.6) is 0 Å². The minimum Gasteiger partial charge on any atom is -0.481 e. The Bertz CT molecular complexity index is 527. The molecule has 0 aromatic heterocycles. The Morgan fingerprint density at radius 3 is 2.65 bits per heavy atom. The highest BCUT2D eigenvalue weighted by molar-refractivity contribution is 5.94. The zero-order chi connectivity index (χ0) is 15.1. The lowest BCUT2D eigenvalue weighted by Crippen LogP contribution is -2.24. The second-order valence-electron chi connectivity index (χ2n) is 4.37. The minimum atomic E-state index is -0.870. The van der Waals surface area contributed by atoms with Crippen LogP contribution in [0.4, 0.5) is 5.69 Å². The van der Waals surface area contributed by atoms with Gasteiger partial charge in [0.25, 0.3) is 11.6 Å². The maximum absolute atomic E-state index is 11.8. The molecule has 0 radical (unpaired) electrons. The van der Waals surface area contributed by atoms with Crippen LogP contribution in [0.15, 0.2) is 18.2 Å². The standard InChI is InChI=1S/C13H16N2O5/c1-9-5-6-10(8-11(9)15(19)20)13(18)14-7-3-2-4-12(16)17/h5-6,8H,2-4,7H2,1H3,(H,14,18)(H,16,17). The number of aliphatic carboxylic acids is 1. The molecule has 20 heavy (non-hydrogen) atoms. The number of hydrogen-bond donors (Lipinski definition) is 2. The molecule has 0 fully saturated rings. The maximum Gasteiger partial charge on any atom is 0.303 e. The van der Waals surface area contributed by atoms with Gasteiger partial charge in [-0.1, -0.05) is 6.07 Å². The number of amides is 1. The summed E-state index contributed by atoms with van der Waals surface area (Å²) in [6.07, 6.45) is 1.08. The third kappa shape index (κ3) is 4.68. The van der Waals surface area contributed by atoms with E-state index in [4.69, 9.17) is 5.11 Å². The van der Waals surface area contributed by atoms with Crippen LogP contribution in [0.1, 0.15) is 35.2 Å². The summed E-state index contributed by atoms with van der Waals surface area (Å²) >= 11 is 0. The van der Waals surface area contributed by atoms with Crippen LogP contribution in [-0.4, -0.2) is 28.5 Å². The van der Waals surface area contributed by atoms with Gasteiger partial charge in [-0.05, 0) is 25.8 Å². The Labute approximate surface area is 115 Å². The predicted molar refractivity (Wildman–Crippen MR) is 71.7 cm³/mol. The molecule has 0 bridgehead atoms. The van der Waals surface area contributed by atoms with Crippen molar-refractivity contribution in [2.75, 3.05) is 6.54 Å². The number of hydrogen-bond acceptors (Lipinski definition) is 4. The number of nitro benzene ring substituents is 1. The molecular weight excluding hydrogens is 264 g/mol. The molecule has 0 unspecified atom stereocenters. The first-order valence-corrected chi connectivity index (χ1v) is 6.17. The van der Waals surface area contributed by atoms with Gasteiger partial charge >= 0.3 is 5.97 Å². The van der Waals surface area contributed by atoms with Gasteiger partial charge in [0.15, 0.2) is 0 Å². The summed E-state index contributed by atoms with van der Waals surface area (Å²) in [7, 11) is 0. The predicted octanol–water partition coefficient (Wildman–Crippen LogP) is 1.89. The number of carbonyl (C=O) groups excluding carboxylic acids is 1. The summed E-state index contributed by atoms with van der Waals surface area (Å²) < 4.78 is 0. The highest BCUT2D eigenvalue weighted by atomic mass is 16.6. The highest BCUT2D eigenvalue weighted by Crippen LogP contribution is 2.19. The third-order valence-electron chi connectivity index (χ3n) is 2.77. The van der Waals surface area contributed by atoms with E-state index in [1.165, 1.54) is 18.2 Å². The Kier molecular flexibility index (Phi) is 5.64. The van der Waals surface area contributed by atoms with Crippen LogP contribution in [-0.2, 0) is 4.79 Å². The molecule has 108 valence electrons. The van der Waals surface area contributed by atoms with E-state index in [1.54, 1.807) is 6.92 Å². The van der Waals surface area contributed by atoms with E-state index in [0.717, 1.165) is 0 Å². The van der Waals surface area contributed by atoms with Crippen molar-refractivity contribution < 1.29 is 19.6 Å². The second-order valence-corrected chi connectivity index (χ2v) is 4.37. The van der Waals surface area contributed by atoms with Crippen molar-refractivity contribution >= 4 is 17.6 Å². The van der Waals surface area contributed by atoms with Gasteiger partial charge in [0.05, 0.1) is 4.92 Å². The number of carbonyl (C=O) groups is 2. The van der Waals surface area contributed by atoms with Crippen molar-refractivity contribution in [1.82, 2.24) is 5.32 Å². The Balaban J connectivity index is 2.53. The van der Waals surface area contributed by atoms with Gasteiger partial charge in [0.2, 0.25) is 0 Å². The number of carboxylic acids is 1. The Morgan fingerprint density at radius 2 is 2.05 bits per heavy atom. The van der Waals surface area contributed by atoms with Crippen LogP contribution in [0.2, 0.25) is 0 Å². The van der Waals surface area contributed by atoms with Gasteiger partial charge in [-0.25, -0.2) is 0 Å². The van der Waals surface area contributed by atoms with Crippen molar-refractivity contribution in [3.05, 3.63) is 39.4 Å². The van der Waals surface area contributed by atoms with E-state index >= 15 is 0 Å². The summed E-state index contributed by atoms with van der Waals surface area (Å²) in [5.41, 5.74) is 0.622. The summed E-state index contributed by atoms with van der Waals surface area (Å²) in [5, 5.41) is 21.8. The van der Waals surface area contributed by atoms with Gasteiger partial charge in [0, 0.05) is 30.2 Å². The second kappa shape index (κ2) is 7.22. The average molecular weight is 280 g/mol. The summed E-state index contributed by atoms with van der Waals surface area (Å²) in [6.45, 7) is 1.94.